The zero-order chi connectivity index (χ0) is 32.5. The number of esters is 1. The lowest BCUT2D eigenvalue weighted by atomic mass is 9.83. The molecule has 3 atom stereocenters. The third-order valence-electron chi connectivity index (χ3n) is 10.5. The number of rotatable bonds is 23. The number of hydrogen-bond donors (Lipinski definition) is 0. The van der Waals surface area contributed by atoms with E-state index < -0.39 is 0 Å². The lowest BCUT2D eigenvalue weighted by Crippen LogP contribution is -2.37. The summed E-state index contributed by atoms with van der Waals surface area (Å²) >= 11 is 0. The van der Waals surface area contributed by atoms with E-state index in [0.717, 1.165) is 78.0 Å². The van der Waals surface area contributed by atoms with E-state index in [-0.39, 0.29) is 11.6 Å². The van der Waals surface area contributed by atoms with Crippen molar-refractivity contribution < 1.29 is 14.3 Å². The quantitative estimate of drug-likeness (QED) is 0.0700. The van der Waals surface area contributed by atoms with Gasteiger partial charge in [0.25, 0.3) is 0 Å². The predicted molar refractivity (Wildman–Crippen MR) is 190 cm³/mol. The topological polar surface area (TPSA) is 35.5 Å². The summed E-state index contributed by atoms with van der Waals surface area (Å²) in [5, 5.41) is 0. The van der Waals surface area contributed by atoms with Crippen molar-refractivity contribution in [3.63, 3.8) is 0 Å². The van der Waals surface area contributed by atoms with Crippen molar-refractivity contribution in [3.05, 3.63) is 22.3 Å². The summed E-state index contributed by atoms with van der Waals surface area (Å²) in [4.78, 5) is 12.8. The van der Waals surface area contributed by atoms with E-state index in [4.69, 9.17) is 9.47 Å². The molecule has 0 bridgehead atoms. The molecule has 3 unspecified atom stereocenters. The Balaban J connectivity index is 1.78. The minimum absolute atomic E-state index is 0.0882. The fourth-order valence-electron chi connectivity index (χ4n) is 7.16. The molecule has 254 valence electrons. The molecule has 44 heavy (non-hydrogen) atoms. The van der Waals surface area contributed by atoms with E-state index in [1.54, 1.807) is 0 Å². The number of carbonyl (C=O) groups is 1. The van der Waals surface area contributed by atoms with Gasteiger partial charge >= 0.3 is 5.97 Å². The van der Waals surface area contributed by atoms with Crippen LogP contribution in [0.4, 0.5) is 0 Å². The van der Waals surface area contributed by atoms with E-state index in [1.165, 1.54) is 102 Å². The molecule has 0 aromatic heterocycles. The number of fused-ring (bicyclic) bond motifs is 1. The van der Waals surface area contributed by atoms with Crippen LogP contribution < -0.4 is 9.47 Å². The molecule has 3 nitrogen and oxygen atoms in total. The van der Waals surface area contributed by atoms with Crippen molar-refractivity contribution >= 4 is 5.97 Å². The lowest BCUT2D eigenvalue weighted by Gasteiger charge is -2.38. The molecule has 1 aromatic rings. The van der Waals surface area contributed by atoms with Crippen LogP contribution in [0.2, 0.25) is 0 Å². The normalized spacial score (nSPS) is 17.8. The standard InChI is InChI=1S/C41H72O3/c1-10-11-12-13-14-15-16-17-18-27-38(42)43-39-34(6)35(7)40-37(36(39)8)28-30-41(9,44-40)29-21-26-33(5)25-20-24-32(4)23-19-22-31(2)3/h31-33H,10-30H2,1-9H3. The van der Waals surface area contributed by atoms with Gasteiger partial charge in [0.2, 0.25) is 0 Å². The molecule has 0 radical (unpaired) electrons. The Hall–Kier alpha value is -1.51. The summed E-state index contributed by atoms with van der Waals surface area (Å²) in [5.41, 5.74) is 4.41. The molecule has 3 heteroatoms. The number of hydrogen-bond acceptors (Lipinski definition) is 3. The molecule has 0 saturated carbocycles. The van der Waals surface area contributed by atoms with Gasteiger partial charge in [-0.3, -0.25) is 4.79 Å². The van der Waals surface area contributed by atoms with E-state index >= 15 is 0 Å². The van der Waals surface area contributed by atoms with Gasteiger partial charge in [0.05, 0.1) is 0 Å². The maximum atomic E-state index is 12.8. The SMILES string of the molecule is CCCCCCCCCCCC(=O)Oc1c(C)c(C)c2c(c1C)CCC(C)(CCCC(C)CCCC(C)CCCC(C)C)O2. The van der Waals surface area contributed by atoms with Crippen molar-refractivity contribution in [3.8, 4) is 11.5 Å². The van der Waals surface area contributed by atoms with Crippen molar-refractivity contribution in [2.45, 2.75) is 203 Å². The van der Waals surface area contributed by atoms with Gasteiger partial charge in [0, 0.05) is 12.0 Å². The van der Waals surface area contributed by atoms with Gasteiger partial charge in [-0.25, -0.2) is 0 Å². The van der Waals surface area contributed by atoms with Crippen LogP contribution >= 0.6 is 0 Å². The van der Waals surface area contributed by atoms with Crippen LogP contribution in [0.15, 0.2) is 0 Å². The summed E-state index contributed by atoms with van der Waals surface area (Å²) < 4.78 is 12.8. The molecule has 0 N–H and O–H groups in total. The third-order valence-corrected chi connectivity index (χ3v) is 10.5. The summed E-state index contributed by atoms with van der Waals surface area (Å²) in [6, 6.07) is 0. The van der Waals surface area contributed by atoms with Gasteiger partial charge in [-0.15, -0.1) is 0 Å². The van der Waals surface area contributed by atoms with E-state index in [9.17, 15) is 4.79 Å². The van der Waals surface area contributed by atoms with Crippen LogP contribution in [0.1, 0.15) is 192 Å². The maximum Gasteiger partial charge on any atom is 0.311 e. The molecule has 0 fully saturated rings. The monoisotopic (exact) mass is 613 g/mol. The summed E-state index contributed by atoms with van der Waals surface area (Å²) in [5.74, 6) is 4.23. The predicted octanol–water partition coefficient (Wildman–Crippen LogP) is 13.0. The molecule has 1 aromatic carbocycles. The summed E-state index contributed by atoms with van der Waals surface area (Å²) in [6.07, 6.45) is 25.7. The number of ether oxygens (including phenoxy) is 2. The molecule has 1 heterocycles. The van der Waals surface area contributed by atoms with Gasteiger partial charge in [0.15, 0.2) is 0 Å². The van der Waals surface area contributed by atoms with Gasteiger partial charge in [-0.2, -0.15) is 0 Å². The minimum atomic E-state index is -0.116. The average molecular weight is 613 g/mol. The van der Waals surface area contributed by atoms with Crippen LogP contribution in [-0.2, 0) is 11.2 Å². The van der Waals surface area contributed by atoms with Gasteiger partial charge in [-0.1, -0.05) is 131 Å². The van der Waals surface area contributed by atoms with E-state index in [0.29, 0.717) is 6.42 Å². The van der Waals surface area contributed by atoms with Gasteiger partial charge in [-0.05, 0) is 94.2 Å². The second-order valence-electron chi connectivity index (χ2n) is 15.5. The Kier molecular flexibility index (Phi) is 18.1. The Morgan fingerprint density at radius 1 is 0.727 bits per heavy atom. The second-order valence-corrected chi connectivity index (χ2v) is 15.5. The zero-order valence-corrected chi connectivity index (χ0v) is 30.8. The molecule has 1 aliphatic heterocycles. The van der Waals surface area contributed by atoms with E-state index in [2.05, 4.69) is 62.3 Å². The first-order valence-corrected chi connectivity index (χ1v) is 19.0. The fourth-order valence-corrected chi connectivity index (χ4v) is 7.16. The Labute approximate surface area is 274 Å². The number of benzene rings is 1. The van der Waals surface area contributed by atoms with E-state index in [1.807, 2.05) is 0 Å². The van der Waals surface area contributed by atoms with Crippen LogP contribution in [-0.4, -0.2) is 11.6 Å². The van der Waals surface area contributed by atoms with Crippen LogP contribution in [0.25, 0.3) is 0 Å². The molecule has 2 rings (SSSR count). The van der Waals surface area contributed by atoms with Crippen LogP contribution in [0.5, 0.6) is 11.5 Å². The largest absolute Gasteiger partial charge is 0.487 e. The molecule has 0 amide bonds. The smallest absolute Gasteiger partial charge is 0.311 e. The number of carbonyl (C=O) groups excluding carboxylic acids is 1. The molecule has 0 saturated heterocycles. The summed E-state index contributed by atoms with van der Waals surface area (Å²) in [6.45, 7) is 20.5. The Bertz CT molecular complexity index is 963. The van der Waals surface area contributed by atoms with Crippen molar-refractivity contribution in [2.24, 2.45) is 17.8 Å². The number of unbranched alkanes of at least 4 members (excludes halogenated alkanes) is 8. The highest BCUT2D eigenvalue weighted by atomic mass is 16.5. The highest BCUT2D eigenvalue weighted by Crippen LogP contribution is 2.45. The fraction of sp³-hybridized carbons (Fsp3) is 0.829. The highest BCUT2D eigenvalue weighted by Gasteiger charge is 2.34. The van der Waals surface area contributed by atoms with Crippen molar-refractivity contribution in [1.29, 1.82) is 0 Å². The van der Waals surface area contributed by atoms with Crippen molar-refractivity contribution in [1.82, 2.24) is 0 Å². The average Bonchev–Trinajstić information content (AvgIpc) is 2.97. The van der Waals surface area contributed by atoms with Crippen molar-refractivity contribution in [2.75, 3.05) is 0 Å². The Morgan fingerprint density at radius 3 is 1.86 bits per heavy atom. The zero-order valence-electron chi connectivity index (χ0n) is 30.8. The lowest BCUT2D eigenvalue weighted by molar-refractivity contribution is -0.134. The summed E-state index contributed by atoms with van der Waals surface area (Å²) in [7, 11) is 0. The molecule has 0 aliphatic carbocycles. The molecule has 1 aliphatic rings. The van der Waals surface area contributed by atoms with Gasteiger partial charge < -0.3 is 9.47 Å². The Morgan fingerprint density at radius 2 is 1.27 bits per heavy atom. The second kappa shape index (κ2) is 20.6. The van der Waals surface area contributed by atoms with Crippen LogP contribution in [0.3, 0.4) is 0 Å². The highest BCUT2D eigenvalue weighted by molar-refractivity contribution is 5.74. The third kappa shape index (κ3) is 13.9. The molecule has 0 spiro atoms. The first-order valence-electron chi connectivity index (χ1n) is 19.0. The van der Waals surface area contributed by atoms with Gasteiger partial charge in [0.1, 0.15) is 17.1 Å². The molecular formula is C41H72O3. The van der Waals surface area contributed by atoms with Crippen LogP contribution in [0, 0.1) is 38.5 Å². The first-order chi connectivity index (χ1) is 21.0. The minimum Gasteiger partial charge on any atom is -0.487 e. The maximum absolute atomic E-state index is 12.8. The first kappa shape index (κ1) is 38.7. The molecular weight excluding hydrogens is 540 g/mol.